The molecule has 8 nitrogen and oxygen atoms in total. The van der Waals surface area contributed by atoms with Crippen LogP contribution < -0.4 is 5.32 Å². The third-order valence-corrected chi connectivity index (χ3v) is 4.51. The molecular weight excluding hydrogens is 466 g/mol. The van der Waals surface area contributed by atoms with Crippen LogP contribution in [0, 0.1) is 0 Å². The second-order valence-electron chi connectivity index (χ2n) is 7.88. The smallest absolute Gasteiger partial charge is 0.407 e. The molecule has 2 aromatic rings. The third-order valence-electron chi connectivity index (χ3n) is 4.12. The molecule has 1 amide bonds. The van der Waals surface area contributed by atoms with Crippen molar-refractivity contribution in [1.82, 2.24) is 15.1 Å². The monoisotopic (exact) mass is 495 g/mol. The van der Waals surface area contributed by atoms with Gasteiger partial charge >= 0.3 is 12.1 Å². The van der Waals surface area contributed by atoms with E-state index >= 15 is 0 Å². The van der Waals surface area contributed by atoms with Gasteiger partial charge in [-0.05, 0) is 55.6 Å². The van der Waals surface area contributed by atoms with Gasteiger partial charge in [0.05, 0.1) is 19.3 Å². The highest BCUT2D eigenvalue weighted by molar-refractivity contribution is 9.10. The maximum absolute atomic E-state index is 12.4. The van der Waals surface area contributed by atoms with E-state index in [9.17, 15) is 9.59 Å². The van der Waals surface area contributed by atoms with Gasteiger partial charge < -0.3 is 19.5 Å². The van der Waals surface area contributed by atoms with Crippen LogP contribution in [-0.2, 0) is 20.8 Å². The Hall–Kier alpha value is -2.39. The van der Waals surface area contributed by atoms with Crippen LogP contribution >= 0.6 is 15.9 Å². The molecule has 1 aromatic carbocycles. The second kappa shape index (κ2) is 11.9. The highest BCUT2D eigenvalue weighted by Gasteiger charge is 2.24. The predicted octanol–water partition coefficient (Wildman–Crippen LogP) is 4.50. The van der Waals surface area contributed by atoms with Gasteiger partial charge in [0.2, 0.25) is 0 Å². The van der Waals surface area contributed by atoms with Crippen LogP contribution in [0.1, 0.15) is 56.2 Å². The molecule has 1 aromatic heterocycles. The number of halogens is 1. The zero-order chi connectivity index (χ0) is 22.9. The van der Waals surface area contributed by atoms with Crippen LogP contribution in [0.5, 0.6) is 0 Å². The third kappa shape index (κ3) is 8.70. The number of ether oxygens (including phenoxy) is 3. The Kier molecular flexibility index (Phi) is 9.51. The standard InChI is InChI=1S/C22H30BrN3O5/c1-5-30-20(27)18-13-19(23)25-26(18)17(14-24-21(28)31-22(2,3)4)11-12-29-15-16-9-7-6-8-10-16/h6-10,13,17H,5,11-12,14-15H2,1-4H3,(H,24,28). The number of hydrogen-bond donors (Lipinski definition) is 1. The van der Waals surface area contributed by atoms with Crippen LogP contribution in [0.4, 0.5) is 4.79 Å². The number of hydrogen-bond acceptors (Lipinski definition) is 6. The van der Waals surface area contributed by atoms with Crippen molar-refractivity contribution in [2.75, 3.05) is 19.8 Å². The summed E-state index contributed by atoms with van der Waals surface area (Å²) in [5.41, 5.74) is 0.760. The van der Waals surface area contributed by atoms with E-state index in [1.807, 2.05) is 30.3 Å². The molecule has 0 aliphatic rings. The van der Waals surface area contributed by atoms with Gasteiger partial charge in [-0.1, -0.05) is 30.3 Å². The Bertz CT molecular complexity index is 849. The number of alkyl carbamates (subject to hydrolysis) is 1. The molecule has 0 fully saturated rings. The number of esters is 1. The van der Waals surface area contributed by atoms with Gasteiger partial charge in [-0.2, -0.15) is 5.10 Å². The van der Waals surface area contributed by atoms with Crippen molar-refractivity contribution in [3.63, 3.8) is 0 Å². The molecule has 1 heterocycles. The molecule has 2 rings (SSSR count). The Balaban J connectivity index is 2.08. The number of aromatic nitrogens is 2. The number of nitrogens with one attached hydrogen (secondary N) is 1. The topological polar surface area (TPSA) is 91.7 Å². The molecule has 170 valence electrons. The maximum Gasteiger partial charge on any atom is 0.407 e. The average molecular weight is 496 g/mol. The van der Waals surface area contributed by atoms with Crippen molar-refractivity contribution >= 4 is 28.0 Å². The summed E-state index contributed by atoms with van der Waals surface area (Å²) in [5, 5.41) is 7.15. The SMILES string of the molecule is CCOC(=O)c1cc(Br)nn1C(CCOCc1ccccc1)CNC(=O)OC(C)(C)C. The van der Waals surface area contributed by atoms with Crippen molar-refractivity contribution < 1.29 is 23.8 Å². The molecule has 31 heavy (non-hydrogen) atoms. The Morgan fingerprint density at radius 2 is 1.94 bits per heavy atom. The first-order valence-corrected chi connectivity index (χ1v) is 11.0. The molecule has 1 atom stereocenters. The van der Waals surface area contributed by atoms with E-state index in [-0.39, 0.29) is 19.2 Å². The number of rotatable bonds is 10. The molecule has 0 saturated heterocycles. The van der Waals surface area contributed by atoms with Gasteiger partial charge in [-0.25, -0.2) is 9.59 Å². The molecule has 0 bridgehead atoms. The summed E-state index contributed by atoms with van der Waals surface area (Å²) >= 11 is 3.32. The van der Waals surface area contributed by atoms with Crippen molar-refractivity contribution in [3.05, 3.63) is 52.3 Å². The largest absolute Gasteiger partial charge is 0.461 e. The zero-order valence-electron chi connectivity index (χ0n) is 18.4. The van der Waals surface area contributed by atoms with Crippen molar-refractivity contribution in [1.29, 1.82) is 0 Å². The Labute approximate surface area is 191 Å². The number of carbonyl (C=O) groups is 2. The maximum atomic E-state index is 12.4. The molecule has 0 aliphatic heterocycles. The van der Waals surface area contributed by atoms with E-state index in [0.717, 1.165) is 5.56 Å². The predicted molar refractivity (Wildman–Crippen MR) is 120 cm³/mol. The molecule has 1 unspecified atom stereocenters. The highest BCUT2D eigenvalue weighted by atomic mass is 79.9. The fourth-order valence-electron chi connectivity index (χ4n) is 2.81. The lowest BCUT2D eigenvalue weighted by atomic mass is 10.2. The number of nitrogens with zero attached hydrogens (tertiary/aromatic N) is 2. The Morgan fingerprint density at radius 3 is 2.58 bits per heavy atom. The van der Waals surface area contributed by atoms with Crippen molar-refractivity contribution in [3.8, 4) is 0 Å². The van der Waals surface area contributed by atoms with E-state index in [2.05, 4.69) is 26.3 Å². The summed E-state index contributed by atoms with van der Waals surface area (Å²) in [6.07, 6.45) is -0.0185. The van der Waals surface area contributed by atoms with E-state index in [1.165, 1.54) is 0 Å². The van der Waals surface area contributed by atoms with Gasteiger partial charge in [0.1, 0.15) is 15.9 Å². The van der Waals surface area contributed by atoms with E-state index < -0.39 is 17.7 Å². The van der Waals surface area contributed by atoms with Crippen molar-refractivity contribution in [2.45, 2.75) is 52.4 Å². The first-order chi connectivity index (χ1) is 14.7. The van der Waals surface area contributed by atoms with E-state index in [4.69, 9.17) is 14.2 Å². The second-order valence-corrected chi connectivity index (χ2v) is 8.69. The fraction of sp³-hybridized carbons (Fsp3) is 0.500. The van der Waals surface area contributed by atoms with Crippen LogP contribution in [0.2, 0.25) is 0 Å². The summed E-state index contributed by atoms with van der Waals surface area (Å²) in [6.45, 7) is 8.48. The lowest BCUT2D eigenvalue weighted by Crippen LogP contribution is -2.37. The number of benzene rings is 1. The summed E-state index contributed by atoms with van der Waals surface area (Å²) in [6, 6.07) is 11.1. The number of carbonyl (C=O) groups excluding carboxylic acids is 2. The van der Waals surface area contributed by atoms with Crippen LogP contribution in [0.3, 0.4) is 0 Å². The normalized spacial score (nSPS) is 12.3. The minimum atomic E-state index is -0.608. The molecule has 9 heteroatoms. The van der Waals surface area contributed by atoms with Gasteiger partial charge in [0.25, 0.3) is 0 Å². The quantitative estimate of drug-likeness (QED) is 0.385. The molecule has 1 N–H and O–H groups in total. The van der Waals surface area contributed by atoms with Crippen LogP contribution in [0.25, 0.3) is 0 Å². The zero-order valence-corrected chi connectivity index (χ0v) is 20.0. The Morgan fingerprint density at radius 1 is 1.23 bits per heavy atom. The van der Waals surface area contributed by atoms with Gasteiger partial charge in [-0.3, -0.25) is 4.68 Å². The minimum absolute atomic E-state index is 0.212. The van der Waals surface area contributed by atoms with Gasteiger partial charge in [-0.15, -0.1) is 0 Å². The molecule has 0 radical (unpaired) electrons. The van der Waals surface area contributed by atoms with Gasteiger partial charge in [0.15, 0.2) is 0 Å². The van der Waals surface area contributed by atoms with Crippen LogP contribution in [0.15, 0.2) is 41.0 Å². The highest BCUT2D eigenvalue weighted by Crippen LogP contribution is 2.20. The summed E-state index contributed by atoms with van der Waals surface area (Å²) in [7, 11) is 0. The lowest BCUT2D eigenvalue weighted by molar-refractivity contribution is 0.0496. The summed E-state index contributed by atoms with van der Waals surface area (Å²) in [4.78, 5) is 24.5. The molecule has 0 saturated carbocycles. The number of amides is 1. The first-order valence-electron chi connectivity index (χ1n) is 10.2. The van der Waals surface area contributed by atoms with Crippen LogP contribution in [-0.4, -0.2) is 47.2 Å². The molecule has 0 aliphatic carbocycles. The molecule has 0 spiro atoms. The summed E-state index contributed by atoms with van der Waals surface area (Å²) < 4.78 is 18.3. The fourth-order valence-corrected chi connectivity index (χ4v) is 3.20. The first kappa shape index (κ1) is 24.9. The van der Waals surface area contributed by atoms with E-state index in [0.29, 0.717) is 29.9 Å². The van der Waals surface area contributed by atoms with Crippen molar-refractivity contribution in [2.24, 2.45) is 0 Å². The lowest BCUT2D eigenvalue weighted by Gasteiger charge is -2.23. The minimum Gasteiger partial charge on any atom is -0.461 e. The van der Waals surface area contributed by atoms with E-state index in [1.54, 1.807) is 38.4 Å². The van der Waals surface area contributed by atoms with Gasteiger partial charge in [0, 0.05) is 19.2 Å². The summed E-state index contributed by atoms with van der Waals surface area (Å²) in [5.74, 6) is -0.479. The molecular formula is C22H30BrN3O5. The average Bonchev–Trinajstić information content (AvgIpc) is 3.08.